The molecule has 0 saturated heterocycles. The number of carboxylic acids is 1. The van der Waals surface area contributed by atoms with Gasteiger partial charge in [0.1, 0.15) is 11.5 Å². The number of carboxylic acid groups (broad SMARTS) is 1. The van der Waals surface area contributed by atoms with Crippen LogP contribution in [0.25, 0.3) is 0 Å². The Morgan fingerprint density at radius 1 is 1.00 bits per heavy atom. The Balaban J connectivity index is 2.15. The number of carbonyl (C=O) groups excluding carboxylic acids is 1. The molecule has 0 saturated carbocycles. The molecule has 1 unspecified atom stereocenters. The van der Waals surface area contributed by atoms with Crippen LogP contribution in [0.4, 0.5) is 0 Å². The maximum absolute atomic E-state index is 13.0. The second kappa shape index (κ2) is 7.81. The first-order valence-corrected chi connectivity index (χ1v) is 8.76. The van der Waals surface area contributed by atoms with Gasteiger partial charge in [0, 0.05) is 6.04 Å². The number of benzene rings is 2. The van der Waals surface area contributed by atoms with E-state index in [-0.39, 0.29) is 12.6 Å². The van der Waals surface area contributed by atoms with Crippen molar-refractivity contribution in [1.29, 1.82) is 0 Å². The summed E-state index contributed by atoms with van der Waals surface area (Å²) >= 11 is 0. The van der Waals surface area contributed by atoms with Crippen molar-refractivity contribution in [3.63, 3.8) is 0 Å². The lowest BCUT2D eigenvalue weighted by atomic mass is 10.2. The largest absolute Gasteiger partial charge is 0.548 e. The van der Waals surface area contributed by atoms with E-state index in [2.05, 4.69) is 0 Å². The molecule has 0 aromatic heterocycles. The van der Waals surface area contributed by atoms with E-state index in [4.69, 9.17) is 14.8 Å². The van der Waals surface area contributed by atoms with Crippen molar-refractivity contribution >= 4 is 13.6 Å². The number of hydrogen-bond acceptors (Lipinski definition) is 6. The molecule has 0 spiro atoms. The summed E-state index contributed by atoms with van der Waals surface area (Å²) in [5, 5.41) is 10.7. The van der Waals surface area contributed by atoms with Crippen molar-refractivity contribution in [3.8, 4) is 11.5 Å². The Morgan fingerprint density at radius 3 is 1.83 bits per heavy atom. The molecule has 2 aromatic carbocycles. The van der Waals surface area contributed by atoms with E-state index in [1.807, 2.05) is 0 Å². The third kappa shape index (κ3) is 5.43. The van der Waals surface area contributed by atoms with Gasteiger partial charge in [-0.05, 0) is 30.7 Å². The zero-order valence-corrected chi connectivity index (χ0v) is 13.2. The zero-order valence-electron chi connectivity index (χ0n) is 12.3. The van der Waals surface area contributed by atoms with E-state index in [1.54, 1.807) is 60.7 Å². The highest BCUT2D eigenvalue weighted by Gasteiger charge is 2.29. The van der Waals surface area contributed by atoms with Gasteiger partial charge in [0.05, 0.1) is 12.1 Å². The molecule has 0 bridgehead atoms. The molecule has 7 heteroatoms. The molecule has 1 atom stereocenters. The summed E-state index contributed by atoms with van der Waals surface area (Å²) in [6.07, 6.45) is -0.231. The first-order valence-electron chi connectivity index (χ1n) is 7.03. The molecule has 0 heterocycles. The minimum absolute atomic E-state index is 0.0840. The molecule has 122 valence electrons. The Morgan fingerprint density at radius 2 is 1.43 bits per heavy atom. The molecular formula is C16H17NO5P-. The van der Waals surface area contributed by atoms with E-state index < -0.39 is 19.6 Å². The summed E-state index contributed by atoms with van der Waals surface area (Å²) in [6, 6.07) is 15.8. The summed E-state index contributed by atoms with van der Waals surface area (Å²) in [5.41, 5.74) is 5.42. The van der Waals surface area contributed by atoms with E-state index in [9.17, 15) is 14.5 Å². The van der Waals surface area contributed by atoms with Crippen LogP contribution in [0.5, 0.6) is 11.5 Å². The van der Waals surface area contributed by atoms with Crippen molar-refractivity contribution in [3.05, 3.63) is 60.7 Å². The maximum Gasteiger partial charge on any atom is 0.430 e. The molecule has 2 rings (SSSR count). The van der Waals surface area contributed by atoms with Crippen molar-refractivity contribution in [2.75, 3.05) is 6.16 Å². The molecule has 0 aliphatic carbocycles. The fraction of sp³-hybridized carbons (Fsp3) is 0.188. The Kier molecular flexibility index (Phi) is 5.79. The molecule has 6 nitrogen and oxygen atoms in total. The van der Waals surface area contributed by atoms with Crippen LogP contribution in [0.2, 0.25) is 0 Å². The lowest BCUT2D eigenvalue weighted by Crippen LogP contribution is -2.42. The van der Waals surface area contributed by atoms with Gasteiger partial charge in [-0.2, -0.15) is 0 Å². The average molecular weight is 334 g/mol. The molecule has 0 aliphatic heterocycles. The van der Waals surface area contributed by atoms with Crippen LogP contribution in [-0.2, 0) is 9.36 Å². The van der Waals surface area contributed by atoms with Gasteiger partial charge in [0.2, 0.25) is 0 Å². The molecule has 0 radical (unpaired) electrons. The summed E-state index contributed by atoms with van der Waals surface area (Å²) < 4.78 is 24.0. The highest BCUT2D eigenvalue weighted by molar-refractivity contribution is 7.54. The predicted molar refractivity (Wildman–Crippen MR) is 84.2 cm³/mol. The zero-order chi connectivity index (χ0) is 16.7. The Hall–Kier alpha value is -2.30. The predicted octanol–water partition coefficient (Wildman–Crippen LogP) is 1.80. The maximum atomic E-state index is 13.0. The normalized spacial score (nSPS) is 12.4. The summed E-state index contributed by atoms with van der Waals surface area (Å²) in [5.74, 6) is -0.668. The summed E-state index contributed by atoms with van der Waals surface area (Å²) in [4.78, 5) is 10.7. The fourth-order valence-corrected chi connectivity index (χ4v) is 3.51. The van der Waals surface area contributed by atoms with Crippen LogP contribution in [-0.4, -0.2) is 18.2 Å². The molecule has 2 aromatic rings. The van der Waals surface area contributed by atoms with Crippen LogP contribution in [0.1, 0.15) is 6.42 Å². The van der Waals surface area contributed by atoms with Gasteiger partial charge in [0.25, 0.3) is 0 Å². The number of aliphatic carboxylic acids is 1. The topological polar surface area (TPSA) is 102 Å². The molecule has 2 N–H and O–H groups in total. The number of hydrogen-bond donors (Lipinski definition) is 1. The smallest absolute Gasteiger partial charge is 0.430 e. The van der Waals surface area contributed by atoms with Crippen molar-refractivity contribution in [1.82, 2.24) is 0 Å². The quantitative estimate of drug-likeness (QED) is 0.739. The van der Waals surface area contributed by atoms with Crippen LogP contribution in [0.3, 0.4) is 0 Å². The second-order valence-electron chi connectivity index (χ2n) is 4.86. The van der Waals surface area contributed by atoms with Crippen LogP contribution in [0.15, 0.2) is 60.7 Å². The third-order valence-corrected chi connectivity index (χ3v) is 4.78. The minimum atomic E-state index is -3.63. The second-order valence-corrected chi connectivity index (χ2v) is 6.89. The third-order valence-electron chi connectivity index (χ3n) is 2.99. The Bertz CT molecular complexity index is 632. The first kappa shape index (κ1) is 17.1. The van der Waals surface area contributed by atoms with E-state index >= 15 is 0 Å². The average Bonchev–Trinajstić information content (AvgIpc) is 2.54. The fourth-order valence-electron chi connectivity index (χ4n) is 1.81. The Labute approximate surface area is 134 Å². The summed E-state index contributed by atoms with van der Waals surface area (Å²) in [7, 11) is -3.63. The van der Waals surface area contributed by atoms with E-state index in [0.717, 1.165) is 0 Å². The monoisotopic (exact) mass is 334 g/mol. The number of rotatable bonds is 8. The number of nitrogens with two attached hydrogens (primary N) is 1. The standard InChI is InChI=1S/C16H18NO5P/c17-15(16(18)19)11-12-23(20,21-13-7-3-1-4-8-13)22-14-9-5-2-6-10-14/h1-10,15H,11-12,17H2,(H,18,19)/p-1. The number of para-hydroxylation sites is 2. The van der Waals surface area contributed by atoms with E-state index in [0.29, 0.717) is 11.5 Å². The first-order chi connectivity index (χ1) is 11.0. The molecule has 0 amide bonds. The van der Waals surface area contributed by atoms with E-state index in [1.165, 1.54) is 0 Å². The van der Waals surface area contributed by atoms with Gasteiger partial charge in [-0.15, -0.1) is 0 Å². The molecule has 0 aliphatic rings. The SMILES string of the molecule is NC(CCP(=O)(Oc1ccccc1)Oc1ccccc1)C(=O)[O-]. The van der Waals surface area contributed by atoms with Gasteiger partial charge in [0.15, 0.2) is 0 Å². The van der Waals surface area contributed by atoms with Crippen LogP contribution in [0, 0.1) is 0 Å². The molecule has 0 fully saturated rings. The van der Waals surface area contributed by atoms with Gasteiger partial charge in [-0.1, -0.05) is 36.4 Å². The van der Waals surface area contributed by atoms with Crippen molar-refractivity contribution in [2.45, 2.75) is 12.5 Å². The van der Waals surface area contributed by atoms with Crippen LogP contribution >= 0.6 is 7.60 Å². The lowest BCUT2D eigenvalue weighted by molar-refractivity contribution is -0.307. The van der Waals surface area contributed by atoms with Gasteiger partial charge in [-0.25, -0.2) is 4.57 Å². The van der Waals surface area contributed by atoms with Gasteiger partial charge in [-0.3, -0.25) is 0 Å². The number of carbonyl (C=O) groups is 1. The highest BCUT2D eigenvalue weighted by Crippen LogP contribution is 2.49. The van der Waals surface area contributed by atoms with Gasteiger partial charge >= 0.3 is 7.60 Å². The lowest BCUT2D eigenvalue weighted by Gasteiger charge is -2.21. The van der Waals surface area contributed by atoms with Crippen molar-refractivity contribution in [2.24, 2.45) is 5.73 Å². The highest BCUT2D eigenvalue weighted by atomic mass is 31.2. The van der Waals surface area contributed by atoms with Crippen LogP contribution < -0.4 is 19.9 Å². The summed E-state index contributed by atoms with van der Waals surface area (Å²) in [6.45, 7) is 0. The molecule has 23 heavy (non-hydrogen) atoms. The van der Waals surface area contributed by atoms with Gasteiger partial charge < -0.3 is 24.7 Å². The minimum Gasteiger partial charge on any atom is -0.548 e. The van der Waals surface area contributed by atoms with Crippen molar-refractivity contribution < 1.29 is 23.5 Å². The molecular weight excluding hydrogens is 317 g/mol.